The van der Waals surface area contributed by atoms with Crippen molar-refractivity contribution >= 4 is 54.7 Å². The fraction of sp³-hybridized carbons (Fsp3) is 0.0455. The van der Waals surface area contributed by atoms with Crippen LogP contribution in [-0.4, -0.2) is 17.1 Å². The average Bonchev–Trinajstić information content (AvgIpc) is 3.12. The van der Waals surface area contributed by atoms with Crippen LogP contribution in [0.15, 0.2) is 76.3 Å². The van der Waals surface area contributed by atoms with E-state index in [2.05, 4.69) is 26.0 Å². The minimum absolute atomic E-state index is 0.327. The number of nitrogens with zero attached hydrogens (tertiary/aromatic N) is 3. The molecule has 0 fully saturated rings. The molecule has 0 spiro atoms. The summed E-state index contributed by atoms with van der Waals surface area (Å²) in [7, 11) is 0. The first-order valence-corrected chi connectivity index (χ1v) is 10.4. The van der Waals surface area contributed by atoms with E-state index in [0.29, 0.717) is 10.7 Å². The first-order chi connectivity index (χ1) is 14.0. The highest BCUT2D eigenvalue weighted by molar-refractivity contribution is 9.10. The van der Waals surface area contributed by atoms with Crippen LogP contribution in [0.3, 0.4) is 0 Å². The van der Waals surface area contributed by atoms with Gasteiger partial charge in [0.15, 0.2) is 0 Å². The van der Waals surface area contributed by atoms with Crippen LogP contribution in [-0.2, 0) is 0 Å². The number of carbonyl (C=O) groups is 1. The second kappa shape index (κ2) is 8.23. The van der Waals surface area contributed by atoms with E-state index in [1.807, 2.05) is 49.4 Å². The van der Waals surface area contributed by atoms with E-state index < -0.39 is 5.82 Å². The smallest absolute Gasteiger partial charge is 0.267 e. The molecule has 144 valence electrons. The van der Waals surface area contributed by atoms with E-state index in [4.69, 9.17) is 0 Å². The van der Waals surface area contributed by atoms with E-state index in [-0.39, 0.29) is 5.91 Å². The topological polar surface area (TPSA) is 45.6 Å². The molecule has 0 bridgehead atoms. The third-order valence-electron chi connectivity index (χ3n) is 4.20. The Bertz CT molecular complexity index is 1200. The standard InChI is InChI=1S/C22H15BrFN3OS/c1-14-2-4-15(5-3-14)13-25-27(21(28)16-6-9-18(24)10-7-16)22-26-19-11-8-17(23)12-20(19)29-22/h2-13H,1H3/b25-13+. The monoisotopic (exact) mass is 467 g/mol. The fourth-order valence-electron chi connectivity index (χ4n) is 2.66. The summed E-state index contributed by atoms with van der Waals surface area (Å²) in [5, 5.41) is 6.11. The Balaban J connectivity index is 1.75. The fourth-order valence-corrected chi connectivity index (χ4v) is 4.13. The van der Waals surface area contributed by atoms with Crippen molar-refractivity contribution in [1.29, 1.82) is 0 Å². The zero-order chi connectivity index (χ0) is 20.4. The van der Waals surface area contributed by atoms with Gasteiger partial charge in [-0.2, -0.15) is 10.1 Å². The third-order valence-corrected chi connectivity index (χ3v) is 5.69. The Morgan fingerprint density at radius 2 is 1.83 bits per heavy atom. The van der Waals surface area contributed by atoms with Crippen LogP contribution in [0.2, 0.25) is 0 Å². The molecular weight excluding hydrogens is 453 g/mol. The number of hydrogen-bond donors (Lipinski definition) is 0. The molecule has 0 N–H and O–H groups in total. The molecule has 1 amide bonds. The SMILES string of the molecule is Cc1ccc(/C=N/N(C(=O)c2ccc(F)cc2)c2nc3ccc(Br)cc3s2)cc1. The van der Waals surface area contributed by atoms with Gasteiger partial charge in [0.1, 0.15) is 5.82 Å². The molecule has 1 aromatic heterocycles. The third kappa shape index (κ3) is 4.41. The van der Waals surface area contributed by atoms with E-state index in [1.54, 1.807) is 6.21 Å². The lowest BCUT2D eigenvalue weighted by Crippen LogP contribution is -2.25. The highest BCUT2D eigenvalue weighted by atomic mass is 79.9. The number of benzene rings is 3. The molecular formula is C22H15BrFN3OS. The van der Waals surface area contributed by atoms with Gasteiger partial charge in [0.25, 0.3) is 5.91 Å². The van der Waals surface area contributed by atoms with Crippen LogP contribution < -0.4 is 5.01 Å². The van der Waals surface area contributed by atoms with Gasteiger partial charge in [-0.25, -0.2) is 9.37 Å². The van der Waals surface area contributed by atoms with Crippen LogP contribution in [0.1, 0.15) is 21.5 Å². The molecule has 0 saturated carbocycles. The average molecular weight is 468 g/mol. The maximum atomic E-state index is 13.3. The van der Waals surface area contributed by atoms with Crippen LogP contribution >= 0.6 is 27.3 Å². The molecule has 3 aromatic carbocycles. The normalized spacial score (nSPS) is 11.3. The first kappa shape index (κ1) is 19.4. The van der Waals surface area contributed by atoms with Crippen molar-refractivity contribution in [2.75, 3.05) is 5.01 Å². The van der Waals surface area contributed by atoms with Gasteiger partial charge >= 0.3 is 0 Å². The van der Waals surface area contributed by atoms with Crippen LogP contribution in [0.5, 0.6) is 0 Å². The summed E-state index contributed by atoms with van der Waals surface area (Å²) in [5.74, 6) is -0.785. The minimum Gasteiger partial charge on any atom is -0.267 e. The number of halogens is 2. The molecule has 0 radical (unpaired) electrons. The summed E-state index contributed by atoms with van der Waals surface area (Å²) in [5.41, 5.74) is 3.10. The molecule has 4 aromatic rings. The highest BCUT2D eigenvalue weighted by Gasteiger charge is 2.21. The number of hydrazone groups is 1. The molecule has 0 atom stereocenters. The van der Waals surface area contributed by atoms with Crippen LogP contribution in [0, 0.1) is 12.7 Å². The quantitative estimate of drug-likeness (QED) is 0.265. The number of aryl methyl sites for hydroxylation is 1. The first-order valence-electron chi connectivity index (χ1n) is 8.76. The van der Waals surface area contributed by atoms with Crippen molar-refractivity contribution in [2.45, 2.75) is 6.92 Å². The van der Waals surface area contributed by atoms with E-state index in [9.17, 15) is 9.18 Å². The number of fused-ring (bicyclic) bond motifs is 1. The molecule has 0 aliphatic carbocycles. The van der Waals surface area contributed by atoms with Gasteiger partial charge in [-0.3, -0.25) is 4.79 Å². The molecule has 4 nitrogen and oxygen atoms in total. The Hall–Kier alpha value is -2.90. The maximum absolute atomic E-state index is 13.3. The van der Waals surface area contributed by atoms with Gasteiger partial charge in [0.2, 0.25) is 5.13 Å². The predicted molar refractivity (Wildman–Crippen MR) is 119 cm³/mol. The number of anilines is 1. The highest BCUT2D eigenvalue weighted by Crippen LogP contribution is 2.32. The molecule has 0 saturated heterocycles. The summed E-state index contributed by atoms with van der Waals surface area (Å²) in [6, 6.07) is 18.9. The van der Waals surface area contributed by atoms with Gasteiger partial charge in [-0.05, 0) is 55.0 Å². The molecule has 4 rings (SSSR count). The van der Waals surface area contributed by atoms with Gasteiger partial charge in [-0.1, -0.05) is 57.1 Å². The number of amides is 1. The Morgan fingerprint density at radius 1 is 1.10 bits per heavy atom. The van der Waals surface area contributed by atoms with E-state index >= 15 is 0 Å². The second-order valence-electron chi connectivity index (χ2n) is 6.39. The van der Waals surface area contributed by atoms with Crippen molar-refractivity contribution in [3.8, 4) is 0 Å². The van der Waals surface area contributed by atoms with Crippen molar-refractivity contribution in [2.24, 2.45) is 5.10 Å². The van der Waals surface area contributed by atoms with Gasteiger partial charge < -0.3 is 0 Å². The Labute approximate surface area is 179 Å². The van der Waals surface area contributed by atoms with Gasteiger partial charge in [0, 0.05) is 10.0 Å². The number of rotatable bonds is 4. The molecule has 0 aliphatic heterocycles. The Morgan fingerprint density at radius 3 is 2.55 bits per heavy atom. The summed E-state index contributed by atoms with van der Waals surface area (Å²) >= 11 is 4.81. The number of carbonyl (C=O) groups excluding carboxylic acids is 1. The predicted octanol–water partition coefficient (Wildman–Crippen LogP) is 6.19. The summed E-state index contributed by atoms with van der Waals surface area (Å²) in [6.07, 6.45) is 1.61. The summed E-state index contributed by atoms with van der Waals surface area (Å²) in [6.45, 7) is 2.00. The van der Waals surface area contributed by atoms with E-state index in [0.717, 1.165) is 25.8 Å². The second-order valence-corrected chi connectivity index (χ2v) is 8.31. The molecule has 7 heteroatoms. The lowest BCUT2D eigenvalue weighted by Gasteiger charge is -2.13. The largest absolute Gasteiger partial charge is 0.280 e. The van der Waals surface area contributed by atoms with Crippen molar-refractivity contribution < 1.29 is 9.18 Å². The van der Waals surface area contributed by atoms with Crippen LogP contribution in [0.25, 0.3) is 10.2 Å². The lowest BCUT2D eigenvalue weighted by molar-refractivity contribution is 0.0988. The number of thiazole rings is 1. The number of hydrogen-bond acceptors (Lipinski definition) is 4. The zero-order valence-electron chi connectivity index (χ0n) is 15.3. The minimum atomic E-state index is -0.402. The number of aromatic nitrogens is 1. The summed E-state index contributed by atoms with van der Waals surface area (Å²) in [4.78, 5) is 17.7. The molecule has 29 heavy (non-hydrogen) atoms. The van der Waals surface area contributed by atoms with Crippen molar-refractivity contribution in [3.63, 3.8) is 0 Å². The molecule has 1 heterocycles. The summed E-state index contributed by atoms with van der Waals surface area (Å²) < 4.78 is 15.1. The van der Waals surface area contributed by atoms with E-state index in [1.165, 1.54) is 40.6 Å². The van der Waals surface area contributed by atoms with Crippen molar-refractivity contribution in [1.82, 2.24) is 4.98 Å². The Kier molecular flexibility index (Phi) is 5.51. The zero-order valence-corrected chi connectivity index (χ0v) is 17.7. The van der Waals surface area contributed by atoms with Gasteiger partial charge in [0.05, 0.1) is 16.4 Å². The maximum Gasteiger partial charge on any atom is 0.280 e. The molecule has 0 aliphatic rings. The molecule has 0 unspecified atom stereocenters. The lowest BCUT2D eigenvalue weighted by atomic mass is 10.2. The van der Waals surface area contributed by atoms with Crippen molar-refractivity contribution in [3.05, 3.63) is 93.7 Å². The van der Waals surface area contributed by atoms with Gasteiger partial charge in [-0.15, -0.1) is 0 Å². The van der Waals surface area contributed by atoms with Crippen LogP contribution in [0.4, 0.5) is 9.52 Å².